The molecule has 0 saturated carbocycles. The summed E-state index contributed by atoms with van der Waals surface area (Å²) in [7, 11) is 1.16. The third-order valence-corrected chi connectivity index (χ3v) is 5.13. The zero-order chi connectivity index (χ0) is 21.8. The summed E-state index contributed by atoms with van der Waals surface area (Å²) in [6.45, 7) is 8.29. The number of rotatable bonds is 13. The Balaban J connectivity index is 3.24. The van der Waals surface area contributed by atoms with Crippen molar-refractivity contribution >= 4 is 15.0 Å². The molecule has 0 bridgehead atoms. The summed E-state index contributed by atoms with van der Waals surface area (Å²) in [6.07, 6.45) is 10.0. The van der Waals surface area contributed by atoms with Crippen molar-refractivity contribution in [3.63, 3.8) is 0 Å². The number of aromatic carboxylic acids is 1. The van der Waals surface area contributed by atoms with Crippen LogP contribution in [-0.2, 0) is 17.4 Å². The maximum atomic E-state index is 12.0. The van der Waals surface area contributed by atoms with Gasteiger partial charge in [-0.2, -0.15) is 0 Å². The third-order valence-electron chi connectivity index (χ3n) is 4.68. The number of phenolic OH excluding ortho intramolecular Hbond substituents is 1. The van der Waals surface area contributed by atoms with Gasteiger partial charge in [0.15, 0.2) is 0 Å². The maximum Gasteiger partial charge on any atom is 0.339 e. The fraction of sp³-hybridized carbons (Fsp3) is 0.522. The predicted octanol–water partition coefficient (Wildman–Crippen LogP) is 6.59. The van der Waals surface area contributed by atoms with E-state index in [9.17, 15) is 15.0 Å². The molecular formula is C23H35O5P. The first kappa shape index (κ1) is 25.2. The molecule has 0 heterocycles. The Labute approximate surface area is 176 Å². The summed E-state index contributed by atoms with van der Waals surface area (Å²) in [6, 6.07) is 1.59. The summed E-state index contributed by atoms with van der Waals surface area (Å²) in [4.78, 5) is 12.0. The largest absolute Gasteiger partial charge is 0.508 e. The minimum absolute atomic E-state index is 0.0748. The lowest BCUT2D eigenvalue weighted by molar-refractivity contribution is 0.0693. The Hall–Kier alpha value is -1.84. The van der Waals surface area contributed by atoms with Gasteiger partial charge in [-0.15, -0.1) is 0 Å². The van der Waals surface area contributed by atoms with E-state index in [2.05, 4.69) is 26.8 Å². The average Bonchev–Trinajstić information content (AvgIpc) is 2.64. The minimum atomic E-state index is -1.04. The second-order valence-electron chi connectivity index (χ2n) is 7.46. The molecule has 162 valence electrons. The predicted molar refractivity (Wildman–Crippen MR) is 120 cm³/mol. The van der Waals surface area contributed by atoms with Crippen LogP contribution in [-0.4, -0.2) is 23.3 Å². The van der Waals surface area contributed by atoms with Gasteiger partial charge in [0.2, 0.25) is 9.03 Å². The molecule has 0 aliphatic carbocycles. The Morgan fingerprint density at radius 3 is 2.52 bits per heavy atom. The van der Waals surface area contributed by atoms with E-state index in [1.807, 2.05) is 13.0 Å². The molecule has 2 N–H and O–H groups in total. The van der Waals surface area contributed by atoms with Crippen LogP contribution in [0, 0.1) is 0 Å². The van der Waals surface area contributed by atoms with Crippen molar-refractivity contribution in [2.75, 3.05) is 7.11 Å². The lowest BCUT2D eigenvalue weighted by Crippen LogP contribution is -2.08. The van der Waals surface area contributed by atoms with Crippen LogP contribution in [0.3, 0.4) is 0 Å². The number of unbranched alkanes of at least 4 members (excludes halogenated alkanes) is 2. The molecule has 0 radical (unpaired) electrons. The number of carbonyl (C=O) groups is 1. The summed E-state index contributed by atoms with van der Waals surface area (Å²) in [5, 5.41) is 20.5. The molecule has 1 aromatic rings. The second-order valence-corrected chi connectivity index (χ2v) is 8.24. The molecule has 1 aromatic carbocycles. The number of aromatic hydroxyl groups is 1. The van der Waals surface area contributed by atoms with Gasteiger partial charge in [0.25, 0.3) is 0 Å². The molecule has 0 amide bonds. The van der Waals surface area contributed by atoms with Crippen LogP contribution in [0.2, 0.25) is 0 Å². The van der Waals surface area contributed by atoms with Crippen LogP contribution >= 0.6 is 9.03 Å². The first-order valence-corrected chi connectivity index (χ1v) is 11.0. The molecular weight excluding hydrogens is 387 g/mol. The molecule has 29 heavy (non-hydrogen) atoms. The number of hydrogen-bond donors (Lipinski definition) is 2. The van der Waals surface area contributed by atoms with Crippen molar-refractivity contribution in [3.05, 3.63) is 46.1 Å². The van der Waals surface area contributed by atoms with Crippen molar-refractivity contribution in [3.8, 4) is 11.5 Å². The van der Waals surface area contributed by atoms with E-state index in [-0.39, 0.29) is 26.1 Å². The average molecular weight is 423 g/mol. The standard InChI is InChI=1S/C23H35O5P/c1-6-7-8-12-18-15-20(24)19(14-13-17(4)11-9-10-16(2)3)22(28-29-27-5)21(18)23(25)26/h10,13,15,24,29H,6-9,11-12,14H2,1-5H3,(H,25,26)/b17-13+. The zero-order valence-corrected chi connectivity index (χ0v) is 19.3. The van der Waals surface area contributed by atoms with Crippen LogP contribution < -0.4 is 4.52 Å². The zero-order valence-electron chi connectivity index (χ0n) is 18.3. The van der Waals surface area contributed by atoms with Crippen molar-refractivity contribution in [2.24, 2.45) is 0 Å². The van der Waals surface area contributed by atoms with Crippen LogP contribution in [0.1, 0.15) is 81.3 Å². The molecule has 0 aromatic heterocycles. The molecule has 5 nitrogen and oxygen atoms in total. The molecule has 1 unspecified atom stereocenters. The van der Waals surface area contributed by atoms with E-state index in [1.165, 1.54) is 18.3 Å². The number of carboxylic acids is 1. The smallest absolute Gasteiger partial charge is 0.339 e. The van der Waals surface area contributed by atoms with E-state index in [0.717, 1.165) is 32.1 Å². The molecule has 1 rings (SSSR count). The molecule has 0 aliphatic rings. The van der Waals surface area contributed by atoms with Crippen molar-refractivity contribution in [2.45, 2.75) is 72.6 Å². The Morgan fingerprint density at radius 2 is 1.93 bits per heavy atom. The Kier molecular flexibility index (Phi) is 11.6. The van der Waals surface area contributed by atoms with Crippen LogP contribution in [0.15, 0.2) is 29.4 Å². The first-order chi connectivity index (χ1) is 13.8. The van der Waals surface area contributed by atoms with Gasteiger partial charge in [0.1, 0.15) is 17.1 Å². The topological polar surface area (TPSA) is 76.0 Å². The van der Waals surface area contributed by atoms with Crippen LogP contribution in [0.25, 0.3) is 0 Å². The van der Waals surface area contributed by atoms with Gasteiger partial charge in [-0.25, -0.2) is 4.79 Å². The Bertz CT molecular complexity index is 733. The highest BCUT2D eigenvalue weighted by molar-refractivity contribution is 7.26. The number of aryl methyl sites for hydroxylation is 1. The number of hydrogen-bond acceptors (Lipinski definition) is 4. The number of benzene rings is 1. The van der Waals surface area contributed by atoms with Crippen LogP contribution in [0.4, 0.5) is 0 Å². The van der Waals surface area contributed by atoms with Crippen molar-refractivity contribution < 1.29 is 24.1 Å². The van der Waals surface area contributed by atoms with Crippen LogP contribution in [0.5, 0.6) is 11.5 Å². The van der Waals surface area contributed by atoms with E-state index >= 15 is 0 Å². The summed E-state index contributed by atoms with van der Waals surface area (Å²) < 4.78 is 10.7. The number of allylic oxidation sites excluding steroid dienone is 4. The molecule has 0 aliphatic heterocycles. The highest BCUT2D eigenvalue weighted by Gasteiger charge is 2.23. The van der Waals surface area contributed by atoms with Crippen molar-refractivity contribution in [1.82, 2.24) is 0 Å². The lowest BCUT2D eigenvalue weighted by Gasteiger charge is -2.17. The normalized spacial score (nSPS) is 11.8. The quantitative estimate of drug-likeness (QED) is 0.213. The Morgan fingerprint density at radius 1 is 1.21 bits per heavy atom. The van der Waals surface area contributed by atoms with Gasteiger partial charge in [-0.3, -0.25) is 0 Å². The second kappa shape index (κ2) is 13.4. The van der Waals surface area contributed by atoms with Gasteiger partial charge in [0.05, 0.1) is 0 Å². The monoisotopic (exact) mass is 422 g/mol. The third kappa shape index (κ3) is 8.59. The summed E-state index contributed by atoms with van der Waals surface area (Å²) >= 11 is 0. The van der Waals surface area contributed by atoms with E-state index in [1.54, 1.807) is 6.07 Å². The lowest BCUT2D eigenvalue weighted by atomic mass is 9.95. The minimum Gasteiger partial charge on any atom is -0.508 e. The molecule has 0 fully saturated rings. The molecule has 1 atom stereocenters. The van der Waals surface area contributed by atoms with E-state index in [4.69, 9.17) is 9.05 Å². The first-order valence-electron chi connectivity index (χ1n) is 10.2. The fourth-order valence-corrected chi connectivity index (χ4v) is 3.49. The summed E-state index contributed by atoms with van der Waals surface area (Å²) in [5.41, 5.74) is 3.71. The summed E-state index contributed by atoms with van der Waals surface area (Å²) in [5.74, 6) is -0.749. The SMILES string of the molecule is CCCCCc1cc(O)c(C/C=C(\C)CCC=C(C)C)c(OPOC)c1C(=O)O. The van der Waals surface area contributed by atoms with E-state index in [0.29, 0.717) is 24.0 Å². The highest BCUT2D eigenvalue weighted by Crippen LogP contribution is 2.39. The van der Waals surface area contributed by atoms with E-state index < -0.39 is 5.97 Å². The molecule has 6 heteroatoms. The highest BCUT2D eigenvalue weighted by atomic mass is 31.1. The number of carboxylic acid groups (broad SMARTS) is 1. The fourth-order valence-electron chi connectivity index (χ4n) is 3.09. The molecule has 0 saturated heterocycles. The van der Waals surface area contributed by atoms with Crippen molar-refractivity contribution in [1.29, 1.82) is 0 Å². The van der Waals surface area contributed by atoms with Gasteiger partial charge >= 0.3 is 5.97 Å². The number of phenols is 1. The van der Waals surface area contributed by atoms with Gasteiger partial charge in [0, 0.05) is 12.7 Å². The maximum absolute atomic E-state index is 12.0. The van der Waals surface area contributed by atoms with Gasteiger partial charge in [-0.1, -0.05) is 43.1 Å². The van der Waals surface area contributed by atoms with Gasteiger partial charge < -0.3 is 19.3 Å². The van der Waals surface area contributed by atoms with Gasteiger partial charge in [-0.05, 0) is 64.5 Å². The molecule has 0 spiro atoms.